The molecule has 14 heavy (non-hydrogen) atoms. The first-order valence-electron chi connectivity index (χ1n) is 5.53. The van der Waals surface area contributed by atoms with E-state index in [1.165, 1.54) is 12.8 Å². The molecule has 0 aromatic carbocycles. The molecule has 0 saturated heterocycles. The van der Waals surface area contributed by atoms with Crippen molar-refractivity contribution >= 4 is 17.7 Å². The molecule has 0 radical (unpaired) electrons. The van der Waals surface area contributed by atoms with Crippen molar-refractivity contribution in [2.45, 2.75) is 51.2 Å². The number of rotatable bonds is 7. The third kappa shape index (κ3) is 3.52. The fraction of sp³-hybridized carbons (Fsp3) is 0.909. The maximum Gasteiger partial charge on any atom is 0.235 e. The van der Waals surface area contributed by atoms with Crippen molar-refractivity contribution in [3.05, 3.63) is 0 Å². The lowest BCUT2D eigenvalue weighted by Gasteiger charge is -2.28. The van der Waals surface area contributed by atoms with E-state index in [9.17, 15) is 4.79 Å². The van der Waals surface area contributed by atoms with Gasteiger partial charge in [0.15, 0.2) is 0 Å². The van der Waals surface area contributed by atoms with Gasteiger partial charge in [0.1, 0.15) is 0 Å². The highest BCUT2D eigenvalue weighted by Gasteiger charge is 2.34. The molecule has 2 nitrogen and oxygen atoms in total. The third-order valence-corrected chi connectivity index (χ3v) is 4.47. The lowest BCUT2D eigenvalue weighted by molar-refractivity contribution is -0.123. The zero-order chi connectivity index (χ0) is 11.0. The van der Waals surface area contributed by atoms with Crippen molar-refractivity contribution in [2.24, 2.45) is 0 Å². The predicted molar refractivity (Wildman–Crippen MR) is 64.7 cm³/mol. The van der Waals surface area contributed by atoms with Gasteiger partial charge in [-0.25, -0.2) is 0 Å². The minimum atomic E-state index is -0.191. The van der Waals surface area contributed by atoms with E-state index in [2.05, 4.69) is 26.1 Å². The van der Waals surface area contributed by atoms with Gasteiger partial charge in [0.05, 0.1) is 4.75 Å². The van der Waals surface area contributed by atoms with Crippen molar-refractivity contribution in [3.8, 4) is 0 Å². The van der Waals surface area contributed by atoms with Crippen LogP contribution in [0.5, 0.6) is 0 Å². The molecule has 0 atom stereocenters. The van der Waals surface area contributed by atoms with E-state index in [4.69, 9.17) is 0 Å². The van der Waals surface area contributed by atoms with Gasteiger partial charge in [0.25, 0.3) is 0 Å². The first-order valence-corrected chi connectivity index (χ1v) is 6.51. The summed E-state index contributed by atoms with van der Waals surface area (Å²) in [6, 6.07) is 0. The zero-order valence-corrected chi connectivity index (χ0v) is 10.7. The molecule has 3 heteroatoms. The van der Waals surface area contributed by atoms with Crippen molar-refractivity contribution < 1.29 is 4.79 Å². The second kappa shape index (κ2) is 7.16. The van der Waals surface area contributed by atoms with Crippen molar-refractivity contribution in [1.82, 2.24) is 5.32 Å². The minimum absolute atomic E-state index is 0.184. The smallest absolute Gasteiger partial charge is 0.235 e. The molecule has 0 heterocycles. The van der Waals surface area contributed by atoms with E-state index in [1.54, 1.807) is 7.05 Å². The molecule has 84 valence electrons. The number of nitrogens with one attached hydrogen (secondary N) is 1. The fourth-order valence-corrected chi connectivity index (χ4v) is 2.95. The van der Waals surface area contributed by atoms with Gasteiger partial charge in [-0.2, -0.15) is 0 Å². The second-order valence-electron chi connectivity index (χ2n) is 3.48. The number of hydrogen-bond donors (Lipinski definition) is 1. The molecule has 0 aliphatic rings. The fourth-order valence-electron chi connectivity index (χ4n) is 1.48. The largest absolute Gasteiger partial charge is 0.358 e. The van der Waals surface area contributed by atoms with E-state index in [-0.39, 0.29) is 10.7 Å². The molecular formula is C11H23NOS. The Kier molecular flexibility index (Phi) is 7.06. The second-order valence-corrected chi connectivity index (χ2v) is 4.96. The molecule has 0 unspecified atom stereocenters. The summed E-state index contributed by atoms with van der Waals surface area (Å²) >= 11 is 1.81. The van der Waals surface area contributed by atoms with Crippen LogP contribution in [-0.4, -0.2) is 23.5 Å². The molecule has 0 spiro atoms. The van der Waals surface area contributed by atoms with Crippen LogP contribution in [0.15, 0.2) is 0 Å². The summed E-state index contributed by atoms with van der Waals surface area (Å²) in [4.78, 5) is 11.8. The molecule has 0 fully saturated rings. The summed E-state index contributed by atoms with van der Waals surface area (Å²) in [5, 5.41) is 2.77. The molecule has 0 saturated carbocycles. The average Bonchev–Trinajstić information content (AvgIpc) is 2.24. The van der Waals surface area contributed by atoms with Gasteiger partial charge in [-0.3, -0.25) is 4.79 Å². The lowest BCUT2D eigenvalue weighted by atomic mass is 10.0. The van der Waals surface area contributed by atoms with Crippen molar-refractivity contribution in [1.29, 1.82) is 0 Å². The van der Waals surface area contributed by atoms with Crippen LogP contribution in [-0.2, 0) is 4.79 Å². The minimum Gasteiger partial charge on any atom is -0.358 e. The molecule has 0 aromatic heterocycles. The van der Waals surface area contributed by atoms with Gasteiger partial charge in [0, 0.05) is 7.05 Å². The van der Waals surface area contributed by atoms with Crippen LogP contribution in [0, 0.1) is 0 Å². The maximum atomic E-state index is 11.8. The number of carbonyl (C=O) groups is 1. The number of unbranched alkanes of at least 4 members (excludes halogenated alkanes) is 1. The van der Waals surface area contributed by atoms with Crippen LogP contribution < -0.4 is 5.32 Å². The van der Waals surface area contributed by atoms with Gasteiger partial charge in [-0.1, -0.05) is 27.2 Å². The Morgan fingerprint density at radius 2 is 1.86 bits per heavy atom. The summed E-state index contributed by atoms with van der Waals surface area (Å²) in [5.41, 5.74) is 0. The summed E-state index contributed by atoms with van der Waals surface area (Å²) in [5.74, 6) is 1.27. The van der Waals surface area contributed by atoms with Gasteiger partial charge >= 0.3 is 0 Å². The lowest BCUT2D eigenvalue weighted by Crippen LogP contribution is -2.42. The van der Waals surface area contributed by atoms with Gasteiger partial charge in [0.2, 0.25) is 5.91 Å². The number of amides is 1. The highest BCUT2D eigenvalue weighted by Crippen LogP contribution is 2.33. The Bertz CT molecular complexity index is 167. The van der Waals surface area contributed by atoms with Crippen molar-refractivity contribution in [2.75, 3.05) is 12.8 Å². The van der Waals surface area contributed by atoms with Crippen LogP contribution in [0.25, 0.3) is 0 Å². The highest BCUT2D eigenvalue weighted by atomic mass is 32.2. The number of thioether (sulfide) groups is 1. The first-order chi connectivity index (χ1) is 6.66. The van der Waals surface area contributed by atoms with Gasteiger partial charge in [-0.05, 0) is 25.0 Å². The van der Waals surface area contributed by atoms with E-state index in [0.717, 1.165) is 18.6 Å². The maximum absolute atomic E-state index is 11.8. The molecule has 0 bridgehead atoms. The SMILES string of the molecule is CCCCSC(CC)(CC)C(=O)NC. The predicted octanol–water partition coefficient (Wildman–Crippen LogP) is 2.82. The van der Waals surface area contributed by atoms with E-state index >= 15 is 0 Å². The van der Waals surface area contributed by atoms with Crippen LogP contribution >= 0.6 is 11.8 Å². The summed E-state index contributed by atoms with van der Waals surface area (Å²) < 4.78 is -0.191. The van der Waals surface area contributed by atoms with Crippen LogP contribution in [0.3, 0.4) is 0 Å². The van der Waals surface area contributed by atoms with E-state index in [0.29, 0.717) is 0 Å². The Morgan fingerprint density at radius 3 is 2.21 bits per heavy atom. The quantitative estimate of drug-likeness (QED) is 0.664. The standard InChI is InChI=1S/C11H23NOS/c1-5-8-9-14-11(6-2,7-3)10(13)12-4/h5-9H2,1-4H3,(H,12,13). The summed E-state index contributed by atoms with van der Waals surface area (Å²) in [6.07, 6.45) is 4.22. The van der Waals surface area contributed by atoms with Gasteiger partial charge < -0.3 is 5.32 Å². The molecule has 1 N–H and O–H groups in total. The topological polar surface area (TPSA) is 29.1 Å². The molecule has 0 aromatic rings. The summed E-state index contributed by atoms with van der Waals surface area (Å²) in [6.45, 7) is 6.37. The van der Waals surface area contributed by atoms with Gasteiger partial charge in [-0.15, -0.1) is 11.8 Å². The zero-order valence-electron chi connectivity index (χ0n) is 9.85. The highest BCUT2D eigenvalue weighted by molar-refractivity contribution is 8.01. The van der Waals surface area contributed by atoms with Crippen LogP contribution in [0.1, 0.15) is 46.5 Å². The first kappa shape index (κ1) is 13.8. The van der Waals surface area contributed by atoms with Crippen LogP contribution in [0.2, 0.25) is 0 Å². The van der Waals surface area contributed by atoms with E-state index < -0.39 is 0 Å². The molecule has 0 aliphatic carbocycles. The Balaban J connectivity index is 4.29. The Morgan fingerprint density at radius 1 is 1.29 bits per heavy atom. The molecular weight excluding hydrogens is 194 g/mol. The normalized spacial score (nSPS) is 11.4. The number of hydrogen-bond acceptors (Lipinski definition) is 2. The Hall–Kier alpha value is -0.180. The monoisotopic (exact) mass is 217 g/mol. The molecule has 1 amide bonds. The van der Waals surface area contributed by atoms with Crippen LogP contribution in [0.4, 0.5) is 0 Å². The molecule has 0 aliphatic heterocycles. The number of carbonyl (C=O) groups excluding carboxylic acids is 1. The third-order valence-electron chi connectivity index (χ3n) is 2.66. The molecule has 0 rings (SSSR count). The van der Waals surface area contributed by atoms with Crippen molar-refractivity contribution in [3.63, 3.8) is 0 Å². The Labute approximate surface area is 92.2 Å². The average molecular weight is 217 g/mol. The van der Waals surface area contributed by atoms with E-state index in [1.807, 2.05) is 11.8 Å². The summed E-state index contributed by atoms with van der Waals surface area (Å²) in [7, 11) is 1.72.